The van der Waals surface area contributed by atoms with Crippen LogP contribution in [0.2, 0.25) is 0 Å². The number of ether oxygens (including phenoxy) is 1. The Bertz CT molecular complexity index is 231. The molecule has 15 heavy (non-hydrogen) atoms. The Hall–Kier alpha value is -0.280. The summed E-state index contributed by atoms with van der Waals surface area (Å²) >= 11 is 5.82. The number of hydrogen-bond donors (Lipinski definition) is 0. The first-order valence-corrected chi connectivity index (χ1v) is 6.01. The third kappa shape index (κ3) is 2.85. The third-order valence-corrected chi connectivity index (χ3v) is 3.54. The fourth-order valence-electron chi connectivity index (χ4n) is 1.71. The summed E-state index contributed by atoms with van der Waals surface area (Å²) in [6, 6.07) is 0.216. The molecule has 88 valence electrons. The summed E-state index contributed by atoms with van der Waals surface area (Å²) in [6.45, 7) is 7.85. The van der Waals surface area contributed by atoms with Crippen molar-refractivity contribution in [1.29, 1.82) is 0 Å². The van der Waals surface area contributed by atoms with Crippen molar-refractivity contribution in [2.24, 2.45) is 5.41 Å². The van der Waals surface area contributed by atoms with Gasteiger partial charge < -0.3 is 9.64 Å². The van der Waals surface area contributed by atoms with Gasteiger partial charge in [-0.05, 0) is 20.3 Å². The first kappa shape index (κ1) is 12.8. The van der Waals surface area contributed by atoms with E-state index >= 15 is 0 Å². The molecule has 1 fully saturated rings. The predicted octanol–water partition coefficient (Wildman–Crippen LogP) is 1.89. The Kier molecular flexibility index (Phi) is 4.41. The van der Waals surface area contributed by atoms with Gasteiger partial charge >= 0.3 is 0 Å². The lowest BCUT2D eigenvalue weighted by molar-refractivity contribution is -0.148. The summed E-state index contributed by atoms with van der Waals surface area (Å²) < 4.78 is 5.37. The third-order valence-electron chi connectivity index (χ3n) is 2.87. The zero-order chi connectivity index (χ0) is 11.5. The van der Waals surface area contributed by atoms with E-state index in [4.69, 9.17) is 16.3 Å². The second-order valence-electron chi connectivity index (χ2n) is 4.65. The number of carbonyl (C=O) groups excluding carboxylic acids is 1. The van der Waals surface area contributed by atoms with Crippen LogP contribution in [-0.2, 0) is 9.53 Å². The fraction of sp³-hybridized carbons (Fsp3) is 0.909. The zero-order valence-electron chi connectivity index (χ0n) is 9.75. The van der Waals surface area contributed by atoms with Crippen LogP contribution < -0.4 is 0 Å². The van der Waals surface area contributed by atoms with Gasteiger partial charge in [0.15, 0.2) is 0 Å². The molecule has 0 radical (unpaired) electrons. The van der Waals surface area contributed by atoms with Crippen molar-refractivity contribution < 1.29 is 9.53 Å². The smallest absolute Gasteiger partial charge is 0.229 e. The topological polar surface area (TPSA) is 29.5 Å². The van der Waals surface area contributed by atoms with Gasteiger partial charge in [0.05, 0.1) is 24.7 Å². The molecule has 1 unspecified atom stereocenters. The summed E-state index contributed by atoms with van der Waals surface area (Å²) in [5.74, 6) is 0.507. The van der Waals surface area contributed by atoms with Crippen molar-refractivity contribution in [1.82, 2.24) is 4.90 Å². The minimum Gasteiger partial charge on any atom is -0.377 e. The maximum Gasteiger partial charge on any atom is 0.229 e. The van der Waals surface area contributed by atoms with Crippen LogP contribution in [0, 0.1) is 5.41 Å². The molecule has 3 nitrogen and oxygen atoms in total. The van der Waals surface area contributed by atoms with E-state index in [-0.39, 0.29) is 11.9 Å². The van der Waals surface area contributed by atoms with Crippen LogP contribution in [0.15, 0.2) is 0 Å². The van der Waals surface area contributed by atoms with E-state index in [1.54, 1.807) is 0 Å². The summed E-state index contributed by atoms with van der Waals surface area (Å²) in [4.78, 5) is 14.1. The van der Waals surface area contributed by atoms with E-state index in [0.717, 1.165) is 6.42 Å². The van der Waals surface area contributed by atoms with Gasteiger partial charge in [0.2, 0.25) is 5.91 Å². The molecule has 1 atom stereocenters. The second-order valence-corrected chi connectivity index (χ2v) is 4.92. The average molecular weight is 234 g/mol. The van der Waals surface area contributed by atoms with Gasteiger partial charge in [-0.15, -0.1) is 11.6 Å². The van der Waals surface area contributed by atoms with Crippen LogP contribution in [-0.4, -0.2) is 42.5 Å². The Morgan fingerprint density at radius 1 is 1.60 bits per heavy atom. The number of morpholine rings is 1. The van der Waals surface area contributed by atoms with Crippen LogP contribution in [0.25, 0.3) is 0 Å². The minimum absolute atomic E-state index is 0.146. The van der Waals surface area contributed by atoms with Crippen molar-refractivity contribution >= 4 is 17.5 Å². The maximum atomic E-state index is 12.2. The summed E-state index contributed by atoms with van der Waals surface area (Å²) in [5, 5.41) is 0. The monoisotopic (exact) mass is 233 g/mol. The highest BCUT2D eigenvalue weighted by molar-refractivity contribution is 6.19. The molecule has 0 bridgehead atoms. The lowest BCUT2D eigenvalue weighted by Crippen LogP contribution is -2.53. The average Bonchev–Trinajstić information content (AvgIpc) is 2.28. The molecule has 0 aromatic rings. The molecule has 0 spiro atoms. The molecular weight excluding hydrogens is 214 g/mol. The highest BCUT2D eigenvalue weighted by Crippen LogP contribution is 2.24. The maximum absolute atomic E-state index is 12.2. The number of hydrogen-bond acceptors (Lipinski definition) is 2. The number of amides is 1. The lowest BCUT2D eigenvalue weighted by Gasteiger charge is -2.39. The van der Waals surface area contributed by atoms with Gasteiger partial charge in [0.25, 0.3) is 0 Å². The molecule has 0 aromatic carbocycles. The molecule has 0 aliphatic carbocycles. The Balaban J connectivity index is 2.72. The Labute approximate surface area is 96.7 Å². The van der Waals surface area contributed by atoms with E-state index in [0.29, 0.717) is 25.6 Å². The minimum atomic E-state index is -0.466. The van der Waals surface area contributed by atoms with E-state index in [2.05, 4.69) is 6.92 Å². The highest BCUT2D eigenvalue weighted by atomic mass is 35.5. The number of carbonyl (C=O) groups is 1. The molecule has 1 rings (SSSR count). The van der Waals surface area contributed by atoms with Crippen LogP contribution in [0.3, 0.4) is 0 Å². The molecule has 0 saturated carbocycles. The Morgan fingerprint density at radius 3 is 2.80 bits per heavy atom. The van der Waals surface area contributed by atoms with Gasteiger partial charge in [-0.2, -0.15) is 0 Å². The molecule has 0 N–H and O–H groups in total. The summed E-state index contributed by atoms with van der Waals surface area (Å²) in [5.41, 5.74) is -0.466. The van der Waals surface area contributed by atoms with Gasteiger partial charge in [-0.25, -0.2) is 0 Å². The molecule has 1 aliphatic rings. The molecular formula is C11H20ClNO2. The van der Waals surface area contributed by atoms with Crippen LogP contribution in [0.1, 0.15) is 27.2 Å². The van der Waals surface area contributed by atoms with Crippen molar-refractivity contribution in [3.8, 4) is 0 Å². The van der Waals surface area contributed by atoms with Gasteiger partial charge in [0, 0.05) is 12.4 Å². The summed E-state index contributed by atoms with van der Waals surface area (Å²) in [7, 11) is 0. The zero-order valence-corrected chi connectivity index (χ0v) is 10.5. The highest BCUT2D eigenvalue weighted by Gasteiger charge is 2.35. The molecule has 1 amide bonds. The van der Waals surface area contributed by atoms with Crippen molar-refractivity contribution in [2.45, 2.75) is 33.2 Å². The molecule has 1 aliphatic heterocycles. The van der Waals surface area contributed by atoms with E-state index in [1.165, 1.54) is 0 Å². The largest absolute Gasteiger partial charge is 0.377 e. The van der Waals surface area contributed by atoms with Crippen molar-refractivity contribution in [3.63, 3.8) is 0 Å². The van der Waals surface area contributed by atoms with E-state index in [9.17, 15) is 4.79 Å². The number of halogens is 1. The van der Waals surface area contributed by atoms with Crippen LogP contribution in [0.4, 0.5) is 0 Å². The van der Waals surface area contributed by atoms with Gasteiger partial charge in [0.1, 0.15) is 0 Å². The van der Waals surface area contributed by atoms with Crippen molar-refractivity contribution in [3.05, 3.63) is 0 Å². The van der Waals surface area contributed by atoms with E-state index < -0.39 is 5.41 Å². The standard InChI is InChI=1S/C11H20ClNO2/c1-4-9-7-15-6-5-13(9)10(14)11(2,3)8-12/h9H,4-8H2,1-3H3. The second kappa shape index (κ2) is 5.17. The van der Waals surface area contributed by atoms with E-state index in [1.807, 2.05) is 18.7 Å². The summed E-state index contributed by atoms with van der Waals surface area (Å²) in [6.07, 6.45) is 0.935. The first-order chi connectivity index (χ1) is 7.03. The molecule has 0 aromatic heterocycles. The number of alkyl halides is 1. The molecule has 1 saturated heterocycles. The number of nitrogens with zero attached hydrogens (tertiary/aromatic N) is 1. The number of rotatable bonds is 3. The fourth-order valence-corrected chi connectivity index (χ4v) is 1.82. The molecule has 4 heteroatoms. The normalized spacial score (nSPS) is 22.9. The lowest BCUT2D eigenvalue weighted by atomic mass is 9.93. The van der Waals surface area contributed by atoms with Gasteiger partial charge in [-0.1, -0.05) is 6.92 Å². The van der Waals surface area contributed by atoms with Crippen LogP contribution in [0.5, 0.6) is 0 Å². The van der Waals surface area contributed by atoms with Crippen molar-refractivity contribution in [2.75, 3.05) is 25.6 Å². The molecule has 1 heterocycles. The first-order valence-electron chi connectivity index (χ1n) is 5.47. The van der Waals surface area contributed by atoms with Gasteiger partial charge in [-0.3, -0.25) is 4.79 Å². The SMILES string of the molecule is CCC1COCCN1C(=O)C(C)(C)CCl. The quantitative estimate of drug-likeness (QED) is 0.697. The Morgan fingerprint density at radius 2 is 2.27 bits per heavy atom. The van der Waals surface area contributed by atoms with Crippen LogP contribution >= 0.6 is 11.6 Å². The predicted molar refractivity (Wildman–Crippen MR) is 61.1 cm³/mol.